The third kappa shape index (κ3) is 3.74. The molecule has 7 nitrogen and oxygen atoms in total. The van der Waals surface area contributed by atoms with E-state index in [0.29, 0.717) is 16.6 Å². The molecule has 9 heteroatoms. The monoisotopic (exact) mass is 464 g/mol. The summed E-state index contributed by atoms with van der Waals surface area (Å²) in [6, 6.07) is 8.41. The number of para-hydroxylation sites is 1. The van der Waals surface area contributed by atoms with Gasteiger partial charge in [-0.15, -0.1) is 0 Å². The quantitative estimate of drug-likeness (QED) is 0.528. The lowest BCUT2D eigenvalue weighted by molar-refractivity contribution is -0.122. The number of urea groups is 1. The predicted molar refractivity (Wildman–Crippen MR) is 107 cm³/mol. The van der Waals surface area contributed by atoms with E-state index in [0.717, 1.165) is 4.90 Å². The van der Waals surface area contributed by atoms with Crippen LogP contribution in [0.15, 0.2) is 46.4 Å². The zero-order chi connectivity index (χ0) is 20.4. The predicted octanol–water partition coefficient (Wildman–Crippen LogP) is 3.87. The minimum atomic E-state index is -0.887. The molecule has 4 amide bonds. The molecule has 2 aromatic rings. The summed E-state index contributed by atoms with van der Waals surface area (Å²) in [6.45, 7) is 2.07. The maximum atomic E-state index is 12.9. The number of phenols is 1. The second-order valence-corrected chi connectivity index (χ2v) is 6.95. The average molecular weight is 466 g/mol. The van der Waals surface area contributed by atoms with Crippen molar-refractivity contribution >= 4 is 57.1 Å². The molecule has 1 saturated heterocycles. The van der Waals surface area contributed by atoms with Gasteiger partial charge in [0.05, 0.1) is 21.8 Å². The number of imide groups is 2. The number of phenolic OH excluding ortho intramolecular Hbond substituents is 1. The van der Waals surface area contributed by atoms with E-state index < -0.39 is 17.8 Å². The number of benzene rings is 2. The van der Waals surface area contributed by atoms with Gasteiger partial charge in [-0.25, -0.2) is 9.69 Å². The summed E-state index contributed by atoms with van der Waals surface area (Å²) >= 11 is 9.30. The van der Waals surface area contributed by atoms with Crippen molar-refractivity contribution in [2.45, 2.75) is 6.92 Å². The SMILES string of the molecule is CCOc1cc(/C=C2/C(=O)NC(=O)N(c3ccccc3Cl)C2=O)cc(Br)c1O. The molecule has 3 rings (SSSR count). The number of halogens is 2. The summed E-state index contributed by atoms with van der Waals surface area (Å²) in [4.78, 5) is 38.2. The number of hydrogen-bond acceptors (Lipinski definition) is 5. The third-order valence-electron chi connectivity index (χ3n) is 3.86. The fraction of sp³-hybridized carbons (Fsp3) is 0.105. The summed E-state index contributed by atoms with van der Waals surface area (Å²) in [5.74, 6) is -1.56. The third-order valence-corrected chi connectivity index (χ3v) is 4.78. The maximum absolute atomic E-state index is 12.9. The number of carbonyl (C=O) groups is 3. The van der Waals surface area contributed by atoms with Gasteiger partial charge in [-0.1, -0.05) is 23.7 Å². The molecule has 144 valence electrons. The molecule has 0 unspecified atom stereocenters. The number of amides is 4. The molecule has 1 heterocycles. The van der Waals surface area contributed by atoms with Crippen LogP contribution in [0.3, 0.4) is 0 Å². The molecular weight excluding hydrogens is 452 g/mol. The molecule has 0 aromatic heterocycles. The Morgan fingerprint density at radius 3 is 2.64 bits per heavy atom. The number of carbonyl (C=O) groups excluding carboxylic acids is 3. The van der Waals surface area contributed by atoms with E-state index in [1.807, 2.05) is 0 Å². The van der Waals surface area contributed by atoms with Gasteiger partial charge in [0.25, 0.3) is 11.8 Å². The highest BCUT2D eigenvalue weighted by atomic mass is 79.9. The van der Waals surface area contributed by atoms with Crippen LogP contribution in [0.25, 0.3) is 6.08 Å². The zero-order valence-electron chi connectivity index (χ0n) is 14.5. The van der Waals surface area contributed by atoms with Gasteiger partial charge in [0.1, 0.15) is 5.57 Å². The lowest BCUT2D eigenvalue weighted by Crippen LogP contribution is -2.54. The van der Waals surface area contributed by atoms with Crippen LogP contribution in [0, 0.1) is 0 Å². The molecule has 2 aromatic carbocycles. The smallest absolute Gasteiger partial charge is 0.335 e. The number of aromatic hydroxyl groups is 1. The topological polar surface area (TPSA) is 95.9 Å². The van der Waals surface area contributed by atoms with E-state index >= 15 is 0 Å². The summed E-state index contributed by atoms with van der Waals surface area (Å²) in [5.41, 5.74) is 0.312. The first-order chi connectivity index (χ1) is 13.3. The Labute approximate surface area is 173 Å². The Bertz CT molecular complexity index is 1020. The van der Waals surface area contributed by atoms with Crippen LogP contribution in [0.1, 0.15) is 12.5 Å². The van der Waals surface area contributed by atoms with Crippen LogP contribution in [0.4, 0.5) is 10.5 Å². The highest BCUT2D eigenvalue weighted by Crippen LogP contribution is 2.36. The van der Waals surface area contributed by atoms with Crippen LogP contribution in [-0.4, -0.2) is 29.6 Å². The zero-order valence-corrected chi connectivity index (χ0v) is 16.9. The molecule has 28 heavy (non-hydrogen) atoms. The highest BCUT2D eigenvalue weighted by Gasteiger charge is 2.37. The molecule has 0 bridgehead atoms. The number of anilines is 1. The molecule has 1 aliphatic heterocycles. The summed E-state index contributed by atoms with van der Waals surface area (Å²) in [7, 11) is 0. The van der Waals surface area contributed by atoms with Crippen molar-refractivity contribution < 1.29 is 24.2 Å². The highest BCUT2D eigenvalue weighted by molar-refractivity contribution is 9.10. The Kier molecular flexibility index (Phi) is 5.71. The van der Waals surface area contributed by atoms with Gasteiger partial charge in [-0.2, -0.15) is 0 Å². The van der Waals surface area contributed by atoms with Crippen LogP contribution in [-0.2, 0) is 9.59 Å². The number of nitrogens with zero attached hydrogens (tertiary/aromatic N) is 1. The van der Waals surface area contributed by atoms with Crippen molar-refractivity contribution in [2.24, 2.45) is 0 Å². The van der Waals surface area contributed by atoms with E-state index in [2.05, 4.69) is 21.2 Å². The van der Waals surface area contributed by atoms with Crippen LogP contribution in [0.5, 0.6) is 11.5 Å². The molecule has 0 aliphatic carbocycles. The lowest BCUT2D eigenvalue weighted by atomic mass is 10.1. The van der Waals surface area contributed by atoms with Gasteiger partial charge in [-0.3, -0.25) is 14.9 Å². The average Bonchev–Trinajstić information content (AvgIpc) is 2.64. The summed E-state index contributed by atoms with van der Waals surface area (Å²) in [5, 5.41) is 12.3. The Balaban J connectivity index is 2.06. The molecular formula is C19H14BrClN2O5. The molecule has 1 aliphatic rings. The van der Waals surface area contributed by atoms with Crippen molar-refractivity contribution in [3.8, 4) is 11.5 Å². The standard InChI is InChI=1S/C19H14BrClN2O5/c1-2-28-15-9-10(8-12(20)16(15)24)7-11-17(25)22-19(27)23(18(11)26)14-6-4-3-5-13(14)21/h3-9,24H,2H2,1H3,(H,22,25,27)/b11-7-. The van der Waals surface area contributed by atoms with E-state index in [-0.39, 0.29) is 27.8 Å². The molecule has 0 radical (unpaired) electrons. The normalized spacial score (nSPS) is 15.8. The largest absolute Gasteiger partial charge is 0.503 e. The van der Waals surface area contributed by atoms with Crippen LogP contribution >= 0.6 is 27.5 Å². The summed E-state index contributed by atoms with van der Waals surface area (Å²) < 4.78 is 5.67. The first kappa shape index (κ1) is 19.9. The Morgan fingerprint density at radius 2 is 1.96 bits per heavy atom. The van der Waals surface area contributed by atoms with Gasteiger partial charge < -0.3 is 9.84 Å². The second-order valence-electron chi connectivity index (χ2n) is 5.69. The number of barbiturate groups is 1. The number of nitrogens with one attached hydrogen (secondary N) is 1. The van der Waals surface area contributed by atoms with E-state index in [4.69, 9.17) is 16.3 Å². The van der Waals surface area contributed by atoms with E-state index in [9.17, 15) is 19.5 Å². The fourth-order valence-electron chi connectivity index (χ4n) is 2.62. The first-order valence-corrected chi connectivity index (χ1v) is 9.32. The second kappa shape index (κ2) is 8.04. The van der Waals surface area contributed by atoms with Gasteiger partial charge in [0.15, 0.2) is 11.5 Å². The van der Waals surface area contributed by atoms with Crippen molar-refractivity contribution in [3.05, 3.63) is 57.0 Å². The van der Waals surface area contributed by atoms with Gasteiger partial charge >= 0.3 is 6.03 Å². The van der Waals surface area contributed by atoms with Gasteiger partial charge in [-0.05, 0) is 58.8 Å². The van der Waals surface area contributed by atoms with Gasteiger partial charge in [0, 0.05) is 0 Å². The maximum Gasteiger partial charge on any atom is 0.335 e. The number of rotatable bonds is 4. The van der Waals surface area contributed by atoms with Crippen LogP contribution < -0.4 is 15.0 Å². The molecule has 1 fully saturated rings. The Morgan fingerprint density at radius 1 is 1.25 bits per heavy atom. The molecule has 2 N–H and O–H groups in total. The summed E-state index contributed by atoms with van der Waals surface area (Å²) in [6.07, 6.45) is 1.31. The lowest BCUT2D eigenvalue weighted by Gasteiger charge is -2.27. The minimum Gasteiger partial charge on any atom is -0.503 e. The van der Waals surface area contributed by atoms with Crippen molar-refractivity contribution in [2.75, 3.05) is 11.5 Å². The first-order valence-electron chi connectivity index (χ1n) is 8.14. The Hall–Kier alpha value is -2.84. The number of hydrogen-bond donors (Lipinski definition) is 2. The van der Waals surface area contributed by atoms with E-state index in [1.165, 1.54) is 30.3 Å². The minimum absolute atomic E-state index is 0.101. The molecule has 0 atom stereocenters. The van der Waals surface area contributed by atoms with Crippen molar-refractivity contribution in [3.63, 3.8) is 0 Å². The number of ether oxygens (including phenoxy) is 1. The molecule has 0 saturated carbocycles. The van der Waals surface area contributed by atoms with E-state index in [1.54, 1.807) is 19.1 Å². The van der Waals surface area contributed by atoms with Crippen molar-refractivity contribution in [1.29, 1.82) is 0 Å². The van der Waals surface area contributed by atoms with Gasteiger partial charge in [0.2, 0.25) is 0 Å². The van der Waals surface area contributed by atoms with Crippen molar-refractivity contribution in [1.82, 2.24) is 5.32 Å². The van der Waals surface area contributed by atoms with Crippen LogP contribution in [0.2, 0.25) is 5.02 Å². The molecule has 0 spiro atoms. The fourth-order valence-corrected chi connectivity index (χ4v) is 3.30.